The fraction of sp³-hybridized carbons (Fsp3) is 0.263. The van der Waals surface area contributed by atoms with E-state index in [1.54, 1.807) is 30.3 Å². The van der Waals surface area contributed by atoms with Crippen LogP contribution in [0.2, 0.25) is 0 Å². The number of amides is 1. The molecule has 1 fully saturated rings. The van der Waals surface area contributed by atoms with E-state index in [0.717, 1.165) is 12.8 Å². The quantitative estimate of drug-likeness (QED) is 0.363. The first-order valence-electron chi connectivity index (χ1n) is 8.43. The molecule has 3 rings (SSSR count). The first kappa shape index (κ1) is 18.4. The summed E-state index contributed by atoms with van der Waals surface area (Å²) in [5, 5.41) is 23.1. The third-order valence-electron chi connectivity index (χ3n) is 4.16. The molecule has 8 nitrogen and oxygen atoms in total. The molecule has 8 heteroatoms. The summed E-state index contributed by atoms with van der Waals surface area (Å²) in [5.41, 5.74) is 0.122. The van der Waals surface area contributed by atoms with Crippen LogP contribution in [0, 0.1) is 21.4 Å². The number of ether oxygens (including phenoxy) is 1. The first-order chi connectivity index (χ1) is 13.1. The zero-order chi connectivity index (χ0) is 19.2. The summed E-state index contributed by atoms with van der Waals surface area (Å²) in [6, 6.07) is 11.1. The van der Waals surface area contributed by atoms with Gasteiger partial charge in [0.1, 0.15) is 23.2 Å². The van der Waals surface area contributed by atoms with Crippen LogP contribution in [0.5, 0.6) is 0 Å². The van der Waals surface area contributed by atoms with Gasteiger partial charge in [-0.25, -0.2) is 0 Å². The monoisotopic (exact) mass is 367 g/mol. The zero-order valence-corrected chi connectivity index (χ0v) is 14.4. The van der Waals surface area contributed by atoms with Gasteiger partial charge in [-0.3, -0.25) is 14.9 Å². The molecule has 1 aromatic heterocycles. The number of benzene rings is 1. The minimum atomic E-state index is -0.517. The van der Waals surface area contributed by atoms with Crippen molar-refractivity contribution < 1.29 is 18.9 Å². The molecule has 1 atom stereocenters. The molecule has 27 heavy (non-hydrogen) atoms. The summed E-state index contributed by atoms with van der Waals surface area (Å²) >= 11 is 0. The van der Waals surface area contributed by atoms with Crippen molar-refractivity contribution in [2.24, 2.45) is 0 Å². The summed E-state index contributed by atoms with van der Waals surface area (Å²) in [6.07, 6.45) is 3.12. The Kier molecular flexibility index (Phi) is 5.64. The Balaban J connectivity index is 1.75. The summed E-state index contributed by atoms with van der Waals surface area (Å²) in [5.74, 6) is 0.0224. The summed E-state index contributed by atoms with van der Waals surface area (Å²) in [4.78, 5) is 22.8. The number of nitrogens with zero attached hydrogens (tertiary/aromatic N) is 2. The molecule has 138 valence electrons. The summed E-state index contributed by atoms with van der Waals surface area (Å²) in [7, 11) is 0. The second-order valence-corrected chi connectivity index (χ2v) is 5.99. The lowest BCUT2D eigenvalue weighted by Gasteiger charge is -2.09. The van der Waals surface area contributed by atoms with Gasteiger partial charge in [-0.05, 0) is 31.0 Å². The minimum Gasteiger partial charge on any atom is -0.456 e. The van der Waals surface area contributed by atoms with E-state index in [9.17, 15) is 20.2 Å². The van der Waals surface area contributed by atoms with E-state index in [1.807, 2.05) is 6.07 Å². The third kappa shape index (κ3) is 4.40. The maximum atomic E-state index is 12.2. The molecule has 0 bridgehead atoms. The van der Waals surface area contributed by atoms with Gasteiger partial charge in [0.25, 0.3) is 11.6 Å². The molecule has 1 amide bonds. The normalized spacial score (nSPS) is 16.7. The second kappa shape index (κ2) is 8.29. The number of hydrogen-bond donors (Lipinski definition) is 1. The third-order valence-corrected chi connectivity index (χ3v) is 4.16. The molecular formula is C19H17N3O5. The molecule has 1 saturated heterocycles. The number of furan rings is 1. The van der Waals surface area contributed by atoms with Crippen LogP contribution in [-0.4, -0.2) is 30.1 Å². The first-order valence-corrected chi connectivity index (χ1v) is 8.43. The molecule has 0 spiro atoms. The van der Waals surface area contributed by atoms with E-state index in [4.69, 9.17) is 9.15 Å². The van der Waals surface area contributed by atoms with Gasteiger partial charge in [-0.1, -0.05) is 12.1 Å². The Labute approximate surface area is 155 Å². The number of carbonyl (C=O) groups is 1. The second-order valence-electron chi connectivity index (χ2n) is 5.99. The molecule has 1 aliphatic heterocycles. The van der Waals surface area contributed by atoms with Crippen LogP contribution in [0.1, 0.15) is 18.6 Å². The van der Waals surface area contributed by atoms with Gasteiger partial charge in [0.15, 0.2) is 0 Å². The van der Waals surface area contributed by atoms with Gasteiger partial charge in [0, 0.05) is 25.3 Å². The highest BCUT2D eigenvalue weighted by Gasteiger charge is 2.19. The molecule has 1 aliphatic rings. The number of para-hydroxylation sites is 1. The Morgan fingerprint density at radius 1 is 1.37 bits per heavy atom. The average molecular weight is 367 g/mol. The van der Waals surface area contributed by atoms with Gasteiger partial charge < -0.3 is 14.5 Å². The fourth-order valence-electron chi connectivity index (χ4n) is 2.81. The van der Waals surface area contributed by atoms with Crippen molar-refractivity contribution in [1.29, 1.82) is 5.26 Å². The molecule has 1 N–H and O–H groups in total. The van der Waals surface area contributed by atoms with E-state index < -0.39 is 10.8 Å². The number of hydrogen-bond acceptors (Lipinski definition) is 6. The van der Waals surface area contributed by atoms with Crippen LogP contribution in [0.4, 0.5) is 5.69 Å². The Bertz CT molecular complexity index is 919. The van der Waals surface area contributed by atoms with Gasteiger partial charge in [-0.15, -0.1) is 0 Å². The Morgan fingerprint density at radius 2 is 2.19 bits per heavy atom. The number of nitro groups is 1. The van der Waals surface area contributed by atoms with Crippen molar-refractivity contribution in [1.82, 2.24) is 5.32 Å². The predicted molar refractivity (Wildman–Crippen MR) is 96.4 cm³/mol. The van der Waals surface area contributed by atoms with E-state index in [-0.39, 0.29) is 28.9 Å². The molecule has 0 aliphatic carbocycles. The summed E-state index contributed by atoms with van der Waals surface area (Å²) < 4.78 is 11.0. The van der Waals surface area contributed by atoms with Crippen LogP contribution >= 0.6 is 0 Å². The van der Waals surface area contributed by atoms with Crippen molar-refractivity contribution in [3.8, 4) is 17.4 Å². The molecular weight excluding hydrogens is 350 g/mol. The Morgan fingerprint density at radius 3 is 2.89 bits per heavy atom. The van der Waals surface area contributed by atoms with Crippen LogP contribution in [-0.2, 0) is 9.53 Å². The van der Waals surface area contributed by atoms with Crippen molar-refractivity contribution in [2.75, 3.05) is 13.2 Å². The van der Waals surface area contributed by atoms with E-state index in [2.05, 4.69) is 5.32 Å². The summed E-state index contributed by atoms with van der Waals surface area (Å²) in [6.45, 7) is 1.03. The fourth-order valence-corrected chi connectivity index (χ4v) is 2.81. The largest absolute Gasteiger partial charge is 0.456 e. The van der Waals surface area contributed by atoms with Gasteiger partial charge in [0.2, 0.25) is 0 Å². The van der Waals surface area contributed by atoms with Gasteiger partial charge >= 0.3 is 0 Å². The number of carbonyl (C=O) groups excluding carboxylic acids is 1. The average Bonchev–Trinajstić information content (AvgIpc) is 3.36. The standard InChI is InChI=1S/C19H17N3O5/c20-11-13(19(23)21-12-15-4-3-9-26-15)10-14-7-8-18(27-14)16-5-1-2-6-17(16)22(24)25/h1-2,5-8,10,15H,3-4,9,12H2,(H,21,23). The topological polar surface area (TPSA) is 118 Å². The SMILES string of the molecule is N#CC(=Cc1ccc(-c2ccccc2[N+](=O)[O-])o1)C(=O)NCC1CCCO1. The Hall–Kier alpha value is -3.44. The van der Waals surface area contributed by atoms with Crippen molar-refractivity contribution >= 4 is 17.7 Å². The van der Waals surface area contributed by atoms with E-state index >= 15 is 0 Å². The lowest BCUT2D eigenvalue weighted by atomic mass is 10.1. The molecule has 1 unspecified atom stereocenters. The highest BCUT2D eigenvalue weighted by molar-refractivity contribution is 6.01. The molecule has 2 aromatic rings. The van der Waals surface area contributed by atoms with Crippen molar-refractivity contribution in [3.05, 3.63) is 57.8 Å². The lowest BCUT2D eigenvalue weighted by Crippen LogP contribution is -2.32. The van der Waals surface area contributed by atoms with E-state index in [0.29, 0.717) is 18.7 Å². The van der Waals surface area contributed by atoms with Gasteiger partial charge in [-0.2, -0.15) is 5.26 Å². The maximum Gasteiger partial charge on any atom is 0.280 e. The van der Waals surface area contributed by atoms with Crippen LogP contribution in [0.3, 0.4) is 0 Å². The highest BCUT2D eigenvalue weighted by atomic mass is 16.6. The predicted octanol–water partition coefficient (Wildman–Crippen LogP) is 3.06. The molecule has 2 heterocycles. The van der Waals surface area contributed by atoms with Crippen molar-refractivity contribution in [3.63, 3.8) is 0 Å². The van der Waals surface area contributed by atoms with Crippen LogP contribution < -0.4 is 5.32 Å². The van der Waals surface area contributed by atoms with Crippen molar-refractivity contribution in [2.45, 2.75) is 18.9 Å². The molecule has 1 aromatic carbocycles. The minimum absolute atomic E-state index is 0.0252. The molecule has 0 radical (unpaired) electrons. The smallest absolute Gasteiger partial charge is 0.280 e. The molecule has 0 saturated carbocycles. The maximum absolute atomic E-state index is 12.2. The highest BCUT2D eigenvalue weighted by Crippen LogP contribution is 2.31. The lowest BCUT2D eigenvalue weighted by molar-refractivity contribution is -0.384. The van der Waals surface area contributed by atoms with Crippen LogP contribution in [0.15, 0.2) is 46.4 Å². The number of nitriles is 1. The number of nitrogens with one attached hydrogen (secondary N) is 1. The van der Waals surface area contributed by atoms with E-state index in [1.165, 1.54) is 12.1 Å². The number of nitro benzene ring substituents is 1. The zero-order valence-electron chi connectivity index (χ0n) is 14.4. The van der Waals surface area contributed by atoms with Gasteiger partial charge in [0.05, 0.1) is 16.6 Å². The number of rotatable bonds is 6. The van der Waals surface area contributed by atoms with Crippen LogP contribution in [0.25, 0.3) is 17.4 Å².